The van der Waals surface area contributed by atoms with E-state index in [4.69, 9.17) is 4.42 Å². The van der Waals surface area contributed by atoms with Crippen molar-refractivity contribution in [3.05, 3.63) is 54.0 Å². The van der Waals surface area contributed by atoms with Gasteiger partial charge in [0.25, 0.3) is 5.91 Å². The summed E-state index contributed by atoms with van der Waals surface area (Å²) in [6, 6.07) is 9.58. The fourth-order valence-electron chi connectivity index (χ4n) is 2.31. The average molecular weight is 341 g/mol. The number of rotatable bonds is 6. The molecule has 124 valence electrons. The lowest BCUT2D eigenvalue weighted by Gasteiger charge is -2.10. The molecule has 2 heterocycles. The van der Waals surface area contributed by atoms with Gasteiger partial charge in [0.2, 0.25) is 0 Å². The fourth-order valence-corrected chi connectivity index (χ4v) is 3.14. The monoisotopic (exact) mass is 341 g/mol. The molecule has 3 aromatic rings. The minimum atomic E-state index is -0.176. The van der Waals surface area contributed by atoms with E-state index in [-0.39, 0.29) is 11.9 Å². The van der Waals surface area contributed by atoms with Gasteiger partial charge in [0.1, 0.15) is 5.58 Å². The Hall–Kier alpha value is -2.34. The fraction of sp³-hybridized carbons (Fsp3) is 0.278. The van der Waals surface area contributed by atoms with Gasteiger partial charge in [-0.05, 0) is 25.5 Å². The quantitative estimate of drug-likeness (QED) is 0.541. The summed E-state index contributed by atoms with van der Waals surface area (Å²) >= 11 is 1.49. The van der Waals surface area contributed by atoms with E-state index in [1.807, 2.05) is 38.1 Å². The number of furan rings is 1. The van der Waals surface area contributed by atoms with Crippen LogP contribution in [0.25, 0.3) is 11.0 Å². The molecule has 6 heteroatoms. The highest BCUT2D eigenvalue weighted by molar-refractivity contribution is 7.98. The van der Waals surface area contributed by atoms with Crippen LogP contribution in [0.3, 0.4) is 0 Å². The van der Waals surface area contributed by atoms with Crippen LogP contribution in [-0.2, 0) is 5.75 Å². The van der Waals surface area contributed by atoms with Crippen LogP contribution in [0.5, 0.6) is 0 Å². The molecule has 1 amide bonds. The number of nitrogens with zero attached hydrogens (tertiary/aromatic N) is 2. The maximum absolute atomic E-state index is 12.6. The zero-order valence-corrected chi connectivity index (χ0v) is 14.5. The van der Waals surface area contributed by atoms with Gasteiger partial charge in [0.05, 0.1) is 0 Å². The van der Waals surface area contributed by atoms with Crippen LogP contribution in [-0.4, -0.2) is 21.9 Å². The molecule has 1 N–H and O–H groups in total. The van der Waals surface area contributed by atoms with Gasteiger partial charge in [-0.15, -0.1) is 0 Å². The topological polar surface area (TPSA) is 68.0 Å². The lowest BCUT2D eigenvalue weighted by atomic mass is 10.1. The third-order valence-corrected chi connectivity index (χ3v) is 4.68. The molecule has 1 atom stereocenters. The molecule has 0 spiro atoms. The molecule has 0 unspecified atom stereocenters. The van der Waals surface area contributed by atoms with E-state index >= 15 is 0 Å². The van der Waals surface area contributed by atoms with Crippen LogP contribution in [0.15, 0.2) is 52.3 Å². The van der Waals surface area contributed by atoms with E-state index < -0.39 is 0 Å². The largest absolute Gasteiger partial charge is 0.451 e. The number of fused-ring (bicyclic) bond motifs is 1. The smallest absolute Gasteiger partial charge is 0.287 e. The summed E-state index contributed by atoms with van der Waals surface area (Å²) < 4.78 is 5.83. The molecule has 0 saturated carbocycles. The predicted molar refractivity (Wildman–Crippen MR) is 95.0 cm³/mol. The Morgan fingerprint density at radius 2 is 2.00 bits per heavy atom. The molecule has 0 radical (unpaired) electrons. The average Bonchev–Trinajstić information content (AvgIpc) is 2.99. The third kappa shape index (κ3) is 3.59. The van der Waals surface area contributed by atoms with Gasteiger partial charge in [-0.1, -0.05) is 36.9 Å². The normalized spacial score (nSPS) is 12.2. The molecule has 1 aromatic carbocycles. The van der Waals surface area contributed by atoms with Crippen molar-refractivity contribution in [2.24, 2.45) is 0 Å². The van der Waals surface area contributed by atoms with Gasteiger partial charge in [-0.25, -0.2) is 9.97 Å². The Morgan fingerprint density at radius 1 is 1.25 bits per heavy atom. The maximum Gasteiger partial charge on any atom is 0.287 e. The molecular formula is C18H19N3O2S. The molecule has 0 aliphatic rings. The van der Waals surface area contributed by atoms with Crippen molar-refractivity contribution < 1.29 is 9.21 Å². The van der Waals surface area contributed by atoms with Crippen molar-refractivity contribution in [2.45, 2.75) is 37.2 Å². The number of carbonyl (C=O) groups excluding carboxylic acids is 1. The Balaban J connectivity index is 1.91. The van der Waals surface area contributed by atoms with E-state index in [2.05, 4.69) is 15.3 Å². The van der Waals surface area contributed by atoms with E-state index in [0.29, 0.717) is 16.7 Å². The summed E-state index contributed by atoms with van der Waals surface area (Å²) in [5.41, 5.74) is 1.60. The molecule has 0 saturated heterocycles. The van der Waals surface area contributed by atoms with Crippen LogP contribution in [0, 0.1) is 0 Å². The number of nitrogens with one attached hydrogen (secondary N) is 1. The summed E-state index contributed by atoms with van der Waals surface area (Å²) in [5, 5.41) is 4.60. The SMILES string of the molecule is CC[C@H](C)NC(=O)c1oc2ccccc2c1CSc1ncccn1. The van der Waals surface area contributed by atoms with Crippen molar-refractivity contribution in [1.82, 2.24) is 15.3 Å². The van der Waals surface area contributed by atoms with Gasteiger partial charge in [0.15, 0.2) is 10.9 Å². The second-order valence-corrected chi connectivity index (χ2v) is 6.45. The first-order chi connectivity index (χ1) is 11.7. The number of para-hydroxylation sites is 1. The highest BCUT2D eigenvalue weighted by Gasteiger charge is 2.21. The maximum atomic E-state index is 12.6. The summed E-state index contributed by atoms with van der Waals surface area (Å²) in [6.07, 6.45) is 4.28. The van der Waals surface area contributed by atoms with E-state index in [1.54, 1.807) is 18.5 Å². The van der Waals surface area contributed by atoms with Crippen LogP contribution in [0.1, 0.15) is 36.4 Å². The van der Waals surface area contributed by atoms with Crippen molar-refractivity contribution >= 4 is 28.6 Å². The minimum absolute atomic E-state index is 0.101. The van der Waals surface area contributed by atoms with Crippen LogP contribution in [0.4, 0.5) is 0 Å². The van der Waals surface area contributed by atoms with E-state index in [1.165, 1.54) is 11.8 Å². The first-order valence-electron chi connectivity index (χ1n) is 7.90. The molecule has 3 rings (SSSR count). The minimum Gasteiger partial charge on any atom is -0.451 e. The zero-order valence-electron chi connectivity index (χ0n) is 13.7. The number of thioether (sulfide) groups is 1. The first kappa shape index (κ1) is 16.5. The van der Waals surface area contributed by atoms with Crippen molar-refractivity contribution in [1.29, 1.82) is 0 Å². The van der Waals surface area contributed by atoms with Crippen LogP contribution >= 0.6 is 11.8 Å². The number of carbonyl (C=O) groups is 1. The Labute approximate surface area is 144 Å². The standard InChI is InChI=1S/C18H19N3O2S/c1-3-12(2)21-17(22)16-14(11-24-18-19-9-6-10-20-18)13-7-4-5-8-15(13)23-16/h4-10,12H,3,11H2,1-2H3,(H,21,22)/t12-/m0/s1. The second-order valence-electron chi connectivity index (χ2n) is 5.51. The molecule has 2 aromatic heterocycles. The summed E-state index contributed by atoms with van der Waals surface area (Å²) in [5.74, 6) is 0.773. The lowest BCUT2D eigenvalue weighted by molar-refractivity contribution is 0.0912. The van der Waals surface area contributed by atoms with Gasteiger partial charge >= 0.3 is 0 Å². The second kappa shape index (κ2) is 7.49. The Kier molecular flexibility index (Phi) is 5.15. The molecule has 24 heavy (non-hydrogen) atoms. The molecule has 0 aliphatic heterocycles. The highest BCUT2D eigenvalue weighted by Crippen LogP contribution is 2.31. The number of hydrogen-bond donors (Lipinski definition) is 1. The van der Waals surface area contributed by atoms with Gasteiger partial charge in [-0.3, -0.25) is 4.79 Å². The summed E-state index contributed by atoms with van der Waals surface area (Å²) in [4.78, 5) is 21.0. The predicted octanol–water partition coefficient (Wildman–Crippen LogP) is 4.04. The number of aromatic nitrogens is 2. The number of benzene rings is 1. The molecule has 0 fully saturated rings. The first-order valence-corrected chi connectivity index (χ1v) is 8.88. The Bertz CT molecular complexity index is 833. The highest BCUT2D eigenvalue weighted by atomic mass is 32.2. The zero-order chi connectivity index (χ0) is 16.9. The Morgan fingerprint density at radius 3 is 2.75 bits per heavy atom. The number of hydrogen-bond acceptors (Lipinski definition) is 5. The lowest BCUT2D eigenvalue weighted by Crippen LogP contribution is -2.32. The van der Waals surface area contributed by atoms with Crippen molar-refractivity contribution in [3.63, 3.8) is 0 Å². The number of amides is 1. The van der Waals surface area contributed by atoms with Crippen LogP contribution < -0.4 is 5.32 Å². The van der Waals surface area contributed by atoms with Gasteiger partial charge < -0.3 is 9.73 Å². The van der Waals surface area contributed by atoms with Crippen molar-refractivity contribution in [2.75, 3.05) is 0 Å². The van der Waals surface area contributed by atoms with Gasteiger partial charge in [-0.2, -0.15) is 0 Å². The van der Waals surface area contributed by atoms with Gasteiger partial charge in [0, 0.05) is 35.1 Å². The third-order valence-electron chi connectivity index (χ3n) is 3.78. The van der Waals surface area contributed by atoms with Crippen LogP contribution in [0.2, 0.25) is 0 Å². The molecule has 5 nitrogen and oxygen atoms in total. The van der Waals surface area contributed by atoms with E-state index in [9.17, 15) is 4.79 Å². The van der Waals surface area contributed by atoms with Crippen molar-refractivity contribution in [3.8, 4) is 0 Å². The molecule has 0 aliphatic carbocycles. The summed E-state index contributed by atoms with van der Waals surface area (Å²) in [7, 11) is 0. The summed E-state index contributed by atoms with van der Waals surface area (Å²) in [6.45, 7) is 4.01. The molecular weight excluding hydrogens is 322 g/mol. The van der Waals surface area contributed by atoms with E-state index in [0.717, 1.165) is 23.0 Å². The molecule has 0 bridgehead atoms.